The number of ether oxygens (including phenoxy) is 2. The lowest BCUT2D eigenvalue weighted by atomic mass is 10.1. The lowest BCUT2D eigenvalue weighted by Crippen LogP contribution is -2.04. The predicted octanol–water partition coefficient (Wildman–Crippen LogP) is 5.56. The second-order valence-corrected chi connectivity index (χ2v) is 6.29. The van der Waals surface area contributed by atoms with Gasteiger partial charge in [0.15, 0.2) is 11.5 Å². The van der Waals surface area contributed by atoms with Crippen LogP contribution in [0.5, 0.6) is 11.5 Å². The zero-order valence-electron chi connectivity index (χ0n) is 14.0. The topological polar surface area (TPSA) is 30.5 Å². The lowest BCUT2D eigenvalue weighted by Gasteiger charge is -2.14. The third-order valence-electron chi connectivity index (χ3n) is 3.44. The summed E-state index contributed by atoms with van der Waals surface area (Å²) in [4.78, 5) is 0. The molecule has 0 aromatic heterocycles. The van der Waals surface area contributed by atoms with Crippen molar-refractivity contribution in [2.75, 3.05) is 18.5 Å². The summed E-state index contributed by atoms with van der Waals surface area (Å²) in [6.45, 7) is 8.26. The molecule has 0 heterocycles. The summed E-state index contributed by atoms with van der Waals surface area (Å²) in [7, 11) is 0. The highest BCUT2D eigenvalue weighted by molar-refractivity contribution is 9.10. The van der Waals surface area contributed by atoms with Gasteiger partial charge in [0.05, 0.1) is 13.2 Å². The number of hydrogen-bond acceptors (Lipinski definition) is 3. The molecule has 0 aliphatic rings. The SMILES string of the molecule is CCCOc1ccc(CNc2ccc(Br)cc2C)cc1OCC. The summed E-state index contributed by atoms with van der Waals surface area (Å²) in [5.41, 5.74) is 3.52. The van der Waals surface area contributed by atoms with Crippen molar-refractivity contribution in [3.8, 4) is 11.5 Å². The number of aryl methyl sites for hydroxylation is 1. The molecule has 0 radical (unpaired) electrons. The zero-order valence-corrected chi connectivity index (χ0v) is 15.6. The Balaban J connectivity index is 2.08. The first-order valence-electron chi connectivity index (χ1n) is 8.02. The summed E-state index contributed by atoms with van der Waals surface area (Å²) >= 11 is 3.49. The molecule has 0 spiro atoms. The Morgan fingerprint density at radius 3 is 2.52 bits per heavy atom. The minimum absolute atomic E-state index is 0.630. The molecule has 0 saturated heterocycles. The Morgan fingerprint density at radius 1 is 1.00 bits per heavy atom. The van der Waals surface area contributed by atoms with Gasteiger partial charge in [-0.15, -0.1) is 0 Å². The van der Waals surface area contributed by atoms with Crippen LogP contribution in [0.15, 0.2) is 40.9 Å². The monoisotopic (exact) mass is 377 g/mol. The van der Waals surface area contributed by atoms with E-state index in [1.807, 2.05) is 19.1 Å². The minimum atomic E-state index is 0.630. The van der Waals surface area contributed by atoms with Crippen LogP contribution < -0.4 is 14.8 Å². The second-order valence-electron chi connectivity index (χ2n) is 5.38. The summed E-state index contributed by atoms with van der Waals surface area (Å²) in [5.74, 6) is 1.63. The average molecular weight is 378 g/mol. The largest absolute Gasteiger partial charge is 0.490 e. The van der Waals surface area contributed by atoms with E-state index in [0.29, 0.717) is 13.2 Å². The first-order chi connectivity index (χ1) is 11.1. The fraction of sp³-hybridized carbons (Fsp3) is 0.368. The Hall–Kier alpha value is -1.68. The van der Waals surface area contributed by atoms with Gasteiger partial charge in [-0.2, -0.15) is 0 Å². The molecule has 1 N–H and O–H groups in total. The van der Waals surface area contributed by atoms with Crippen LogP contribution in [-0.2, 0) is 6.54 Å². The standard InChI is InChI=1S/C19H24BrNO2/c1-4-10-23-18-9-6-15(12-19(18)22-5-2)13-21-17-8-7-16(20)11-14(17)3/h6-9,11-12,21H,4-5,10,13H2,1-3H3. The summed E-state index contributed by atoms with van der Waals surface area (Å²) < 4.78 is 12.5. The van der Waals surface area contributed by atoms with Gasteiger partial charge in [-0.05, 0) is 61.7 Å². The molecule has 0 aliphatic heterocycles. The van der Waals surface area contributed by atoms with Crippen LogP contribution in [0.25, 0.3) is 0 Å². The lowest BCUT2D eigenvalue weighted by molar-refractivity contribution is 0.276. The van der Waals surface area contributed by atoms with Gasteiger partial charge in [-0.1, -0.05) is 28.9 Å². The van der Waals surface area contributed by atoms with Crippen molar-refractivity contribution in [2.24, 2.45) is 0 Å². The quantitative estimate of drug-likeness (QED) is 0.653. The Bertz CT molecular complexity index is 643. The van der Waals surface area contributed by atoms with Crippen LogP contribution in [-0.4, -0.2) is 13.2 Å². The third-order valence-corrected chi connectivity index (χ3v) is 3.93. The van der Waals surface area contributed by atoms with Crippen LogP contribution in [0, 0.1) is 6.92 Å². The van der Waals surface area contributed by atoms with Gasteiger partial charge in [-0.25, -0.2) is 0 Å². The van der Waals surface area contributed by atoms with Gasteiger partial charge in [-0.3, -0.25) is 0 Å². The summed E-state index contributed by atoms with van der Waals surface area (Å²) in [6.07, 6.45) is 0.984. The van der Waals surface area contributed by atoms with E-state index in [4.69, 9.17) is 9.47 Å². The van der Waals surface area contributed by atoms with E-state index in [1.54, 1.807) is 0 Å². The molecular formula is C19H24BrNO2. The first kappa shape index (κ1) is 17.7. The molecule has 0 fully saturated rings. The maximum atomic E-state index is 5.74. The normalized spacial score (nSPS) is 10.4. The fourth-order valence-corrected chi connectivity index (χ4v) is 2.76. The maximum absolute atomic E-state index is 5.74. The van der Waals surface area contributed by atoms with Gasteiger partial charge in [0.1, 0.15) is 0 Å². The van der Waals surface area contributed by atoms with Crippen molar-refractivity contribution in [1.82, 2.24) is 0 Å². The highest BCUT2D eigenvalue weighted by atomic mass is 79.9. The van der Waals surface area contributed by atoms with Crippen molar-refractivity contribution in [2.45, 2.75) is 33.7 Å². The van der Waals surface area contributed by atoms with E-state index in [2.05, 4.69) is 59.4 Å². The highest BCUT2D eigenvalue weighted by Gasteiger charge is 2.07. The van der Waals surface area contributed by atoms with Crippen LogP contribution >= 0.6 is 15.9 Å². The van der Waals surface area contributed by atoms with Crippen molar-refractivity contribution < 1.29 is 9.47 Å². The van der Waals surface area contributed by atoms with E-state index in [0.717, 1.165) is 34.6 Å². The summed E-state index contributed by atoms with van der Waals surface area (Å²) in [6, 6.07) is 12.4. The number of anilines is 1. The van der Waals surface area contributed by atoms with Crippen molar-refractivity contribution in [3.05, 3.63) is 52.0 Å². The average Bonchev–Trinajstić information content (AvgIpc) is 2.53. The molecule has 0 bridgehead atoms. The van der Waals surface area contributed by atoms with E-state index >= 15 is 0 Å². The van der Waals surface area contributed by atoms with Gasteiger partial charge in [0.25, 0.3) is 0 Å². The van der Waals surface area contributed by atoms with Crippen LogP contribution in [0.4, 0.5) is 5.69 Å². The molecule has 23 heavy (non-hydrogen) atoms. The first-order valence-corrected chi connectivity index (χ1v) is 8.81. The van der Waals surface area contributed by atoms with E-state index < -0.39 is 0 Å². The van der Waals surface area contributed by atoms with Gasteiger partial charge < -0.3 is 14.8 Å². The second kappa shape index (κ2) is 8.82. The number of halogens is 1. The molecule has 2 rings (SSSR count). The van der Waals surface area contributed by atoms with Crippen LogP contribution in [0.1, 0.15) is 31.4 Å². The Labute approximate surface area is 147 Å². The molecule has 0 atom stereocenters. The third kappa shape index (κ3) is 5.17. The number of rotatable bonds is 8. The Kier molecular flexibility index (Phi) is 6.78. The smallest absolute Gasteiger partial charge is 0.161 e. The molecular weight excluding hydrogens is 354 g/mol. The molecule has 0 saturated carbocycles. The number of nitrogens with one attached hydrogen (secondary N) is 1. The zero-order chi connectivity index (χ0) is 16.7. The van der Waals surface area contributed by atoms with Crippen molar-refractivity contribution in [1.29, 1.82) is 0 Å². The predicted molar refractivity (Wildman–Crippen MR) is 99.6 cm³/mol. The maximum Gasteiger partial charge on any atom is 0.161 e. The van der Waals surface area contributed by atoms with Gasteiger partial charge in [0.2, 0.25) is 0 Å². The molecule has 0 aliphatic carbocycles. The molecule has 2 aromatic rings. The fourth-order valence-electron chi connectivity index (χ4n) is 2.28. The highest BCUT2D eigenvalue weighted by Crippen LogP contribution is 2.29. The molecule has 124 valence electrons. The number of hydrogen-bond donors (Lipinski definition) is 1. The van der Waals surface area contributed by atoms with Gasteiger partial charge in [0, 0.05) is 16.7 Å². The van der Waals surface area contributed by atoms with Crippen LogP contribution in [0.2, 0.25) is 0 Å². The van der Waals surface area contributed by atoms with Gasteiger partial charge >= 0.3 is 0 Å². The molecule has 3 nitrogen and oxygen atoms in total. The molecule has 4 heteroatoms. The van der Waals surface area contributed by atoms with Crippen molar-refractivity contribution >= 4 is 21.6 Å². The molecule has 2 aromatic carbocycles. The van der Waals surface area contributed by atoms with E-state index in [-0.39, 0.29) is 0 Å². The molecule has 0 amide bonds. The minimum Gasteiger partial charge on any atom is -0.490 e. The van der Waals surface area contributed by atoms with Crippen LogP contribution in [0.3, 0.4) is 0 Å². The molecule has 0 unspecified atom stereocenters. The van der Waals surface area contributed by atoms with E-state index in [9.17, 15) is 0 Å². The Morgan fingerprint density at radius 2 is 1.83 bits per heavy atom. The number of benzene rings is 2. The van der Waals surface area contributed by atoms with E-state index in [1.165, 1.54) is 11.1 Å². The van der Waals surface area contributed by atoms with Crippen molar-refractivity contribution in [3.63, 3.8) is 0 Å². The summed E-state index contributed by atoms with van der Waals surface area (Å²) in [5, 5.41) is 3.47.